The third-order valence-corrected chi connectivity index (χ3v) is 3.82. The van der Waals surface area contributed by atoms with Crippen LogP contribution in [-0.4, -0.2) is 0 Å². The highest BCUT2D eigenvalue weighted by Crippen LogP contribution is 2.36. The zero-order valence-electron chi connectivity index (χ0n) is 10.7. The molecule has 0 spiro atoms. The second kappa shape index (κ2) is 4.21. The fourth-order valence-corrected chi connectivity index (χ4v) is 2.28. The first-order valence-corrected chi connectivity index (χ1v) is 6.34. The number of benzene rings is 1. The molecule has 0 aromatic heterocycles. The summed E-state index contributed by atoms with van der Waals surface area (Å²) in [7, 11) is 0. The third-order valence-electron chi connectivity index (χ3n) is 3.82. The molecular formula is C15H23N. The van der Waals surface area contributed by atoms with Crippen LogP contribution in [0, 0.1) is 5.92 Å². The molecule has 88 valence electrons. The summed E-state index contributed by atoms with van der Waals surface area (Å²) in [6.45, 7) is 6.73. The van der Waals surface area contributed by atoms with Crippen LogP contribution in [0.5, 0.6) is 0 Å². The Balaban J connectivity index is 2.12. The average molecular weight is 217 g/mol. The van der Waals surface area contributed by atoms with Gasteiger partial charge in [-0.3, -0.25) is 0 Å². The summed E-state index contributed by atoms with van der Waals surface area (Å²) < 4.78 is 0. The van der Waals surface area contributed by atoms with E-state index >= 15 is 0 Å². The zero-order chi connectivity index (χ0) is 11.8. The van der Waals surface area contributed by atoms with E-state index in [4.69, 9.17) is 5.73 Å². The lowest BCUT2D eigenvalue weighted by Crippen LogP contribution is -2.26. The number of hydrogen-bond donors (Lipinski definition) is 1. The molecule has 2 N–H and O–H groups in total. The largest absolute Gasteiger partial charge is 0.324 e. The summed E-state index contributed by atoms with van der Waals surface area (Å²) in [6.07, 6.45) is 3.98. The Hall–Kier alpha value is -0.820. The van der Waals surface area contributed by atoms with Crippen molar-refractivity contribution in [3.8, 4) is 0 Å². The van der Waals surface area contributed by atoms with Crippen molar-refractivity contribution < 1.29 is 0 Å². The van der Waals surface area contributed by atoms with E-state index in [9.17, 15) is 0 Å². The fraction of sp³-hybridized carbons (Fsp3) is 0.600. The van der Waals surface area contributed by atoms with Gasteiger partial charge in [-0.15, -0.1) is 0 Å². The number of rotatable bonds is 2. The molecule has 1 atom stereocenters. The van der Waals surface area contributed by atoms with E-state index in [-0.39, 0.29) is 11.5 Å². The maximum absolute atomic E-state index is 6.26. The quantitative estimate of drug-likeness (QED) is 0.801. The third kappa shape index (κ3) is 2.30. The number of hydrogen-bond acceptors (Lipinski definition) is 1. The van der Waals surface area contributed by atoms with Crippen LogP contribution >= 0.6 is 0 Å². The van der Waals surface area contributed by atoms with Crippen molar-refractivity contribution in [2.75, 3.05) is 0 Å². The van der Waals surface area contributed by atoms with Gasteiger partial charge in [-0.05, 0) is 35.3 Å². The van der Waals surface area contributed by atoms with Crippen molar-refractivity contribution in [2.45, 2.75) is 51.5 Å². The topological polar surface area (TPSA) is 26.0 Å². The maximum Gasteiger partial charge on any atom is 0.0323 e. The predicted molar refractivity (Wildman–Crippen MR) is 69.4 cm³/mol. The first-order valence-electron chi connectivity index (χ1n) is 6.34. The molecule has 1 saturated carbocycles. The van der Waals surface area contributed by atoms with Crippen molar-refractivity contribution >= 4 is 0 Å². The van der Waals surface area contributed by atoms with Crippen LogP contribution < -0.4 is 5.73 Å². The van der Waals surface area contributed by atoms with Gasteiger partial charge in [-0.1, -0.05) is 51.5 Å². The normalized spacial score (nSPS) is 19.2. The van der Waals surface area contributed by atoms with Gasteiger partial charge in [0.1, 0.15) is 0 Å². The van der Waals surface area contributed by atoms with Crippen LogP contribution in [0.25, 0.3) is 0 Å². The predicted octanol–water partition coefficient (Wildman–Crippen LogP) is 3.78. The molecule has 1 nitrogen and oxygen atoms in total. The zero-order valence-corrected chi connectivity index (χ0v) is 10.7. The SMILES string of the molecule is CC(C)(C)c1ccc([C@H](N)C2CCC2)cc1. The minimum Gasteiger partial charge on any atom is -0.324 e. The minimum absolute atomic E-state index is 0.235. The van der Waals surface area contributed by atoms with Gasteiger partial charge in [0.25, 0.3) is 0 Å². The lowest BCUT2D eigenvalue weighted by Gasteiger charge is -2.31. The molecule has 0 unspecified atom stereocenters. The summed E-state index contributed by atoms with van der Waals surface area (Å²) in [5, 5.41) is 0. The van der Waals surface area contributed by atoms with Gasteiger partial charge < -0.3 is 5.73 Å². The van der Waals surface area contributed by atoms with E-state index in [1.807, 2.05) is 0 Å². The molecule has 1 aromatic carbocycles. The molecule has 0 aliphatic heterocycles. The van der Waals surface area contributed by atoms with Crippen molar-refractivity contribution in [3.63, 3.8) is 0 Å². The van der Waals surface area contributed by atoms with Crippen LogP contribution in [0.2, 0.25) is 0 Å². The summed E-state index contributed by atoms with van der Waals surface area (Å²) in [6, 6.07) is 9.14. The van der Waals surface area contributed by atoms with E-state index in [0.29, 0.717) is 0 Å². The Morgan fingerprint density at radius 2 is 1.69 bits per heavy atom. The standard InChI is InChI=1S/C15H23N/c1-15(2,3)13-9-7-12(8-10-13)14(16)11-5-4-6-11/h7-11,14H,4-6,16H2,1-3H3/t14-/m1/s1. The van der Waals surface area contributed by atoms with Crippen molar-refractivity contribution in [2.24, 2.45) is 11.7 Å². The van der Waals surface area contributed by atoms with Crippen LogP contribution in [-0.2, 0) is 5.41 Å². The first-order chi connectivity index (χ1) is 7.48. The Kier molecular flexibility index (Phi) is 3.07. The summed E-state index contributed by atoms with van der Waals surface area (Å²) in [5.41, 5.74) is 9.18. The molecule has 0 amide bonds. The van der Waals surface area contributed by atoms with Gasteiger partial charge in [-0.25, -0.2) is 0 Å². The fourth-order valence-electron chi connectivity index (χ4n) is 2.28. The molecule has 0 saturated heterocycles. The highest BCUT2D eigenvalue weighted by Gasteiger charge is 2.25. The summed E-state index contributed by atoms with van der Waals surface area (Å²) in [5.74, 6) is 0.723. The van der Waals surface area contributed by atoms with Gasteiger partial charge >= 0.3 is 0 Å². The van der Waals surface area contributed by atoms with Crippen LogP contribution in [0.4, 0.5) is 0 Å². The second-order valence-corrected chi connectivity index (χ2v) is 6.09. The molecule has 0 bridgehead atoms. The monoisotopic (exact) mass is 217 g/mol. The molecule has 1 aromatic rings. The molecule has 1 aliphatic carbocycles. The van der Waals surface area contributed by atoms with Crippen molar-refractivity contribution in [1.29, 1.82) is 0 Å². The highest BCUT2D eigenvalue weighted by molar-refractivity contribution is 5.29. The smallest absolute Gasteiger partial charge is 0.0323 e. The minimum atomic E-state index is 0.235. The van der Waals surface area contributed by atoms with Crippen LogP contribution in [0.1, 0.15) is 57.2 Å². The second-order valence-electron chi connectivity index (χ2n) is 6.09. The molecule has 1 fully saturated rings. The lowest BCUT2D eigenvalue weighted by atomic mass is 9.77. The van der Waals surface area contributed by atoms with E-state index in [0.717, 1.165) is 5.92 Å². The Bertz CT molecular complexity index is 341. The molecule has 1 aliphatic rings. The van der Waals surface area contributed by atoms with Gasteiger partial charge in [0, 0.05) is 6.04 Å². The van der Waals surface area contributed by atoms with Gasteiger partial charge in [0.15, 0.2) is 0 Å². The summed E-state index contributed by atoms with van der Waals surface area (Å²) >= 11 is 0. The van der Waals surface area contributed by atoms with Gasteiger partial charge in [0.2, 0.25) is 0 Å². The van der Waals surface area contributed by atoms with Gasteiger partial charge in [-0.2, -0.15) is 0 Å². The van der Waals surface area contributed by atoms with Crippen LogP contribution in [0.15, 0.2) is 24.3 Å². The molecule has 16 heavy (non-hydrogen) atoms. The molecule has 1 heteroatoms. The summed E-state index contributed by atoms with van der Waals surface area (Å²) in [4.78, 5) is 0. The van der Waals surface area contributed by atoms with Crippen LogP contribution in [0.3, 0.4) is 0 Å². The van der Waals surface area contributed by atoms with E-state index in [1.165, 1.54) is 30.4 Å². The van der Waals surface area contributed by atoms with E-state index in [1.54, 1.807) is 0 Å². The molecule has 2 rings (SSSR count). The van der Waals surface area contributed by atoms with Crippen molar-refractivity contribution in [3.05, 3.63) is 35.4 Å². The van der Waals surface area contributed by atoms with E-state index in [2.05, 4.69) is 45.0 Å². The Morgan fingerprint density at radius 3 is 2.06 bits per heavy atom. The lowest BCUT2D eigenvalue weighted by molar-refractivity contribution is 0.264. The van der Waals surface area contributed by atoms with Crippen molar-refractivity contribution in [1.82, 2.24) is 0 Å². The average Bonchev–Trinajstić information content (AvgIpc) is 2.14. The highest BCUT2D eigenvalue weighted by atomic mass is 14.7. The Morgan fingerprint density at radius 1 is 1.12 bits per heavy atom. The van der Waals surface area contributed by atoms with Gasteiger partial charge in [0.05, 0.1) is 0 Å². The molecular weight excluding hydrogens is 194 g/mol. The number of nitrogens with two attached hydrogens (primary N) is 1. The first kappa shape index (κ1) is 11.7. The van der Waals surface area contributed by atoms with E-state index < -0.39 is 0 Å². The Labute approximate surface area is 99.0 Å². The maximum atomic E-state index is 6.26. The molecule has 0 radical (unpaired) electrons. The molecule has 0 heterocycles.